The molecule has 2 bridgehead atoms. The zero-order valence-corrected chi connectivity index (χ0v) is 14.8. The number of hydrogen-bond donors (Lipinski definition) is 0. The number of halogens is 1. The molecule has 0 amide bonds. The molecule has 126 valence electrons. The van der Waals surface area contributed by atoms with Gasteiger partial charge in [0.1, 0.15) is 5.75 Å². The number of methoxy groups -OCH3 is 1. The van der Waals surface area contributed by atoms with Crippen molar-refractivity contribution in [3.8, 4) is 5.75 Å². The van der Waals surface area contributed by atoms with Gasteiger partial charge in [0.05, 0.1) is 12.8 Å². The van der Waals surface area contributed by atoms with Crippen LogP contribution in [0.25, 0.3) is 0 Å². The second-order valence-corrected chi connectivity index (χ2v) is 7.95. The molecule has 0 spiro atoms. The molecular formula is C19H27ClN2O. The van der Waals surface area contributed by atoms with Gasteiger partial charge < -0.3 is 9.64 Å². The highest BCUT2D eigenvalue weighted by molar-refractivity contribution is 6.30. The molecule has 1 heterocycles. The van der Waals surface area contributed by atoms with E-state index in [0.29, 0.717) is 0 Å². The molecule has 3 aliphatic rings. The first-order chi connectivity index (χ1) is 11.2. The minimum atomic E-state index is 0.784. The zero-order valence-electron chi connectivity index (χ0n) is 14.0. The predicted molar refractivity (Wildman–Crippen MR) is 95.6 cm³/mol. The zero-order chi connectivity index (χ0) is 15.8. The highest BCUT2D eigenvalue weighted by Crippen LogP contribution is 2.43. The van der Waals surface area contributed by atoms with Crippen LogP contribution in [0.1, 0.15) is 32.1 Å². The van der Waals surface area contributed by atoms with Crippen LogP contribution in [0.2, 0.25) is 5.02 Å². The summed E-state index contributed by atoms with van der Waals surface area (Å²) in [5.74, 6) is 2.97. The van der Waals surface area contributed by atoms with Gasteiger partial charge >= 0.3 is 0 Å². The number of benzene rings is 1. The lowest BCUT2D eigenvalue weighted by atomic mass is 9.84. The maximum atomic E-state index is 6.19. The van der Waals surface area contributed by atoms with Crippen molar-refractivity contribution >= 4 is 17.3 Å². The van der Waals surface area contributed by atoms with Crippen LogP contribution in [0, 0.1) is 11.8 Å². The van der Waals surface area contributed by atoms with Crippen molar-refractivity contribution in [2.45, 2.75) is 38.1 Å². The Hall–Kier alpha value is -0.930. The van der Waals surface area contributed by atoms with Crippen LogP contribution in [0.4, 0.5) is 5.69 Å². The lowest BCUT2D eigenvalue weighted by molar-refractivity contribution is 0.119. The minimum Gasteiger partial charge on any atom is -0.495 e. The highest BCUT2D eigenvalue weighted by Gasteiger charge is 2.37. The SMILES string of the molecule is COc1ccc(Cl)cc1N1CCN(C2CC3CCC(C3)C2)CC1. The van der Waals surface area contributed by atoms with Gasteiger partial charge in [-0.25, -0.2) is 0 Å². The van der Waals surface area contributed by atoms with Crippen LogP contribution in [-0.2, 0) is 0 Å². The molecule has 0 radical (unpaired) electrons. The van der Waals surface area contributed by atoms with E-state index in [1.165, 1.54) is 45.2 Å². The van der Waals surface area contributed by atoms with Gasteiger partial charge in [-0.3, -0.25) is 4.90 Å². The molecule has 4 rings (SSSR count). The van der Waals surface area contributed by atoms with E-state index in [1.54, 1.807) is 7.11 Å². The molecule has 1 aliphatic heterocycles. The van der Waals surface area contributed by atoms with Crippen LogP contribution in [-0.4, -0.2) is 44.2 Å². The molecule has 2 unspecified atom stereocenters. The average molecular weight is 335 g/mol. The summed E-state index contributed by atoms with van der Waals surface area (Å²) in [5, 5.41) is 0.784. The van der Waals surface area contributed by atoms with Crippen molar-refractivity contribution in [3.63, 3.8) is 0 Å². The van der Waals surface area contributed by atoms with E-state index in [1.807, 2.05) is 18.2 Å². The first-order valence-electron chi connectivity index (χ1n) is 9.05. The third-order valence-electron chi connectivity index (χ3n) is 6.17. The van der Waals surface area contributed by atoms with E-state index in [2.05, 4.69) is 9.80 Å². The van der Waals surface area contributed by atoms with E-state index in [9.17, 15) is 0 Å². The smallest absolute Gasteiger partial charge is 0.142 e. The molecule has 2 aliphatic carbocycles. The standard InChI is InChI=1S/C19H27ClN2O/c1-23-19-5-4-16(20)13-18(19)22-8-6-21(7-9-22)17-11-14-2-3-15(10-14)12-17/h4-5,13-15,17H,2-3,6-12H2,1H3. The molecule has 1 aromatic carbocycles. The third kappa shape index (κ3) is 3.18. The summed E-state index contributed by atoms with van der Waals surface area (Å²) in [5.41, 5.74) is 1.14. The van der Waals surface area contributed by atoms with E-state index in [0.717, 1.165) is 47.4 Å². The van der Waals surface area contributed by atoms with Crippen molar-refractivity contribution < 1.29 is 4.74 Å². The Morgan fingerprint density at radius 3 is 2.35 bits per heavy atom. The maximum Gasteiger partial charge on any atom is 0.142 e. The summed E-state index contributed by atoms with van der Waals surface area (Å²) in [4.78, 5) is 5.18. The van der Waals surface area contributed by atoms with Crippen molar-refractivity contribution in [1.29, 1.82) is 0 Å². The maximum absolute atomic E-state index is 6.19. The summed E-state index contributed by atoms with van der Waals surface area (Å²) in [6.07, 6.45) is 7.37. The van der Waals surface area contributed by atoms with Gasteiger partial charge in [-0.15, -0.1) is 0 Å². The summed E-state index contributed by atoms with van der Waals surface area (Å²) < 4.78 is 5.52. The fourth-order valence-corrected chi connectivity index (χ4v) is 5.18. The fourth-order valence-electron chi connectivity index (χ4n) is 5.01. The van der Waals surface area contributed by atoms with Crippen molar-refractivity contribution in [2.75, 3.05) is 38.2 Å². The van der Waals surface area contributed by atoms with Crippen molar-refractivity contribution in [3.05, 3.63) is 23.2 Å². The number of ether oxygens (including phenoxy) is 1. The lowest BCUT2D eigenvalue weighted by Gasteiger charge is -2.43. The van der Waals surface area contributed by atoms with E-state index >= 15 is 0 Å². The van der Waals surface area contributed by atoms with Crippen LogP contribution in [0.15, 0.2) is 18.2 Å². The second-order valence-electron chi connectivity index (χ2n) is 7.51. The molecular weight excluding hydrogens is 308 g/mol. The summed E-state index contributed by atoms with van der Waals surface area (Å²) in [6.45, 7) is 4.48. The summed E-state index contributed by atoms with van der Waals surface area (Å²) >= 11 is 6.19. The Balaban J connectivity index is 1.40. The van der Waals surface area contributed by atoms with Crippen molar-refractivity contribution in [1.82, 2.24) is 4.90 Å². The Bertz CT molecular complexity index is 544. The minimum absolute atomic E-state index is 0.784. The normalized spacial score (nSPS) is 31.4. The predicted octanol–water partition coefficient (Wildman–Crippen LogP) is 4.05. The lowest BCUT2D eigenvalue weighted by Crippen LogP contribution is -2.51. The Labute approximate surface area is 144 Å². The molecule has 3 fully saturated rings. The highest BCUT2D eigenvalue weighted by atomic mass is 35.5. The van der Waals surface area contributed by atoms with Gasteiger partial charge in [-0.05, 0) is 49.3 Å². The van der Waals surface area contributed by atoms with E-state index in [-0.39, 0.29) is 0 Å². The molecule has 2 atom stereocenters. The first-order valence-corrected chi connectivity index (χ1v) is 9.43. The molecule has 0 aromatic heterocycles. The summed E-state index contributed by atoms with van der Waals surface area (Å²) in [6, 6.07) is 6.75. The summed E-state index contributed by atoms with van der Waals surface area (Å²) in [7, 11) is 1.74. The quantitative estimate of drug-likeness (QED) is 0.829. The third-order valence-corrected chi connectivity index (χ3v) is 6.41. The van der Waals surface area contributed by atoms with Crippen LogP contribution >= 0.6 is 11.6 Å². The Morgan fingerprint density at radius 1 is 1.00 bits per heavy atom. The largest absolute Gasteiger partial charge is 0.495 e. The molecule has 1 saturated heterocycles. The fraction of sp³-hybridized carbons (Fsp3) is 0.684. The monoisotopic (exact) mass is 334 g/mol. The number of hydrogen-bond acceptors (Lipinski definition) is 3. The molecule has 1 aromatic rings. The van der Waals surface area contributed by atoms with E-state index < -0.39 is 0 Å². The Morgan fingerprint density at radius 2 is 1.70 bits per heavy atom. The Kier molecular flexibility index (Phi) is 4.42. The van der Waals surface area contributed by atoms with Gasteiger partial charge in [0.25, 0.3) is 0 Å². The number of rotatable bonds is 3. The molecule has 23 heavy (non-hydrogen) atoms. The number of nitrogens with zero attached hydrogens (tertiary/aromatic N) is 2. The van der Waals surface area contributed by atoms with Crippen molar-refractivity contribution in [2.24, 2.45) is 11.8 Å². The topological polar surface area (TPSA) is 15.7 Å². The van der Waals surface area contributed by atoms with Gasteiger partial charge in [-0.2, -0.15) is 0 Å². The number of piperazine rings is 1. The average Bonchev–Trinajstić information content (AvgIpc) is 2.93. The molecule has 4 heteroatoms. The van der Waals surface area contributed by atoms with E-state index in [4.69, 9.17) is 16.3 Å². The van der Waals surface area contributed by atoms with Crippen LogP contribution in [0.3, 0.4) is 0 Å². The molecule has 3 nitrogen and oxygen atoms in total. The molecule has 2 saturated carbocycles. The number of anilines is 1. The first kappa shape index (κ1) is 15.6. The number of fused-ring (bicyclic) bond motifs is 2. The van der Waals surface area contributed by atoms with Crippen LogP contribution in [0.5, 0.6) is 5.75 Å². The van der Waals surface area contributed by atoms with Gasteiger partial charge in [0.2, 0.25) is 0 Å². The van der Waals surface area contributed by atoms with Crippen LogP contribution < -0.4 is 9.64 Å². The second kappa shape index (κ2) is 6.52. The van der Waals surface area contributed by atoms with Gasteiger partial charge in [-0.1, -0.05) is 24.4 Å². The molecule has 0 N–H and O–H groups in total. The van der Waals surface area contributed by atoms with Gasteiger partial charge in [0.15, 0.2) is 0 Å². The van der Waals surface area contributed by atoms with Gasteiger partial charge in [0, 0.05) is 37.2 Å².